The number of hydrogen-bond acceptors (Lipinski definition) is 6. The van der Waals surface area contributed by atoms with Gasteiger partial charge in [0.2, 0.25) is 0 Å². The lowest BCUT2D eigenvalue weighted by Crippen LogP contribution is -2.23. The Morgan fingerprint density at radius 2 is 1.03 bits per heavy atom. The molecule has 6 heteroatoms. The molecule has 0 saturated carbocycles. The highest BCUT2D eigenvalue weighted by molar-refractivity contribution is 5.87. The molecule has 0 aliphatic carbocycles. The molecule has 0 aromatic heterocycles. The number of hydrogen-bond donors (Lipinski definition) is 0. The molecule has 0 saturated heterocycles. The molecule has 0 spiro atoms. The summed E-state index contributed by atoms with van der Waals surface area (Å²) in [7, 11) is 0. The summed E-state index contributed by atoms with van der Waals surface area (Å²) in [4.78, 5) is 23.1. The van der Waals surface area contributed by atoms with Crippen molar-refractivity contribution in [2.45, 2.75) is 53.4 Å². The van der Waals surface area contributed by atoms with Crippen LogP contribution >= 0.6 is 0 Å². The summed E-state index contributed by atoms with van der Waals surface area (Å²) in [6.07, 6.45) is 1.25. The monoisotopic (exact) mass is 496 g/mol. The van der Waals surface area contributed by atoms with Gasteiger partial charge in [-0.05, 0) is 26.0 Å². The molecule has 0 aliphatic rings. The minimum atomic E-state index is -0.462. The van der Waals surface area contributed by atoms with Crippen molar-refractivity contribution in [1.29, 1.82) is 0 Å². The Morgan fingerprint density at radius 3 is 1.36 bits per heavy atom. The van der Waals surface area contributed by atoms with Crippen LogP contribution in [-0.4, -0.2) is 38.4 Å². The molecule has 196 valence electrons. The zero-order chi connectivity index (χ0) is 27.1. The van der Waals surface area contributed by atoms with E-state index in [0.29, 0.717) is 22.6 Å². The molecular weight excluding hydrogens is 456 g/mol. The van der Waals surface area contributed by atoms with Gasteiger partial charge in [0, 0.05) is 27.7 Å². The van der Waals surface area contributed by atoms with Gasteiger partial charge in [-0.1, -0.05) is 83.7 Å². The second-order valence-electron chi connectivity index (χ2n) is 8.85. The van der Waals surface area contributed by atoms with Crippen LogP contribution in [0.25, 0.3) is 0 Å². The molecule has 2 rings (SSSR count). The molecule has 0 radical (unpaired) electrons. The van der Waals surface area contributed by atoms with Crippen LogP contribution in [0.5, 0.6) is 11.5 Å². The van der Waals surface area contributed by atoms with Crippen LogP contribution in [0.3, 0.4) is 0 Å². The van der Waals surface area contributed by atoms with Crippen LogP contribution in [0.4, 0.5) is 0 Å². The number of rotatable bonds is 12. The van der Waals surface area contributed by atoms with Crippen molar-refractivity contribution in [3.05, 3.63) is 84.0 Å². The second-order valence-corrected chi connectivity index (χ2v) is 8.85. The van der Waals surface area contributed by atoms with Gasteiger partial charge in [-0.25, -0.2) is 9.59 Å². The minimum Gasteiger partial charge on any atom is -0.490 e. The van der Waals surface area contributed by atoms with Gasteiger partial charge in [0.15, 0.2) is 0 Å². The fourth-order valence-electron chi connectivity index (χ4n) is 3.18. The Bertz CT molecular complexity index is 942. The predicted molar refractivity (Wildman–Crippen MR) is 144 cm³/mol. The normalized spacial score (nSPS) is 10.4. The number of benzene rings is 2. The highest BCUT2D eigenvalue weighted by atomic mass is 16.6. The van der Waals surface area contributed by atoms with Crippen LogP contribution in [0.1, 0.15) is 59.1 Å². The van der Waals surface area contributed by atoms with Crippen molar-refractivity contribution < 1.29 is 28.5 Å². The van der Waals surface area contributed by atoms with Gasteiger partial charge in [-0.15, -0.1) is 0 Å². The first kappa shape index (κ1) is 30.5. The van der Waals surface area contributed by atoms with Gasteiger partial charge in [0.25, 0.3) is 0 Å². The maximum Gasteiger partial charge on any atom is 0.333 e. The summed E-state index contributed by atoms with van der Waals surface area (Å²) in [5, 5.41) is 0. The van der Waals surface area contributed by atoms with E-state index in [1.165, 1.54) is 6.42 Å². The lowest BCUT2D eigenvalue weighted by molar-refractivity contribution is -0.140. The lowest BCUT2D eigenvalue weighted by atomic mass is 9.77. The van der Waals surface area contributed by atoms with Crippen LogP contribution < -0.4 is 9.47 Å². The van der Waals surface area contributed by atoms with E-state index in [9.17, 15) is 9.59 Å². The maximum atomic E-state index is 11.6. The van der Waals surface area contributed by atoms with E-state index >= 15 is 0 Å². The standard InChI is InChI=1S/C27H32O6.C3H8/c1-19(2)25(28)32-17-15-30-23-13-9-7-11-21(23)27(5,6)22-12-8-10-14-24(22)31-16-18-33-26(29)20(3)4;1-3-2/h7-14H,1,3,15-18H2,2,4-6H3;3H2,1-2H3. The highest BCUT2D eigenvalue weighted by Gasteiger charge is 2.29. The van der Waals surface area contributed by atoms with Crippen LogP contribution in [0.15, 0.2) is 72.8 Å². The Kier molecular flexibility index (Phi) is 13.1. The quantitative estimate of drug-likeness (QED) is 0.192. The van der Waals surface area contributed by atoms with Crippen LogP contribution in [0.2, 0.25) is 0 Å². The largest absolute Gasteiger partial charge is 0.490 e. The summed E-state index contributed by atoms with van der Waals surface area (Å²) >= 11 is 0. The smallest absolute Gasteiger partial charge is 0.333 e. The highest BCUT2D eigenvalue weighted by Crippen LogP contribution is 2.41. The fourth-order valence-corrected chi connectivity index (χ4v) is 3.18. The molecule has 0 atom stereocenters. The predicted octanol–water partition coefficient (Wildman–Crippen LogP) is 6.43. The van der Waals surface area contributed by atoms with Crippen molar-refractivity contribution in [1.82, 2.24) is 0 Å². The number of carbonyl (C=O) groups excluding carboxylic acids is 2. The van der Waals surface area contributed by atoms with Crippen LogP contribution in [-0.2, 0) is 24.5 Å². The Balaban J connectivity index is 0.00000205. The molecule has 0 heterocycles. The molecule has 0 fully saturated rings. The molecule has 2 aromatic carbocycles. The van der Waals surface area contributed by atoms with Crippen molar-refractivity contribution in [3.63, 3.8) is 0 Å². The topological polar surface area (TPSA) is 71.1 Å². The molecule has 0 amide bonds. The van der Waals surface area contributed by atoms with Crippen LogP contribution in [0, 0.1) is 0 Å². The van der Waals surface area contributed by atoms with Gasteiger partial charge in [0.1, 0.15) is 37.9 Å². The van der Waals surface area contributed by atoms with Crippen molar-refractivity contribution in [2.24, 2.45) is 0 Å². The number of para-hydroxylation sites is 2. The Hall–Kier alpha value is -3.54. The SMILES string of the molecule is C=C(C)C(=O)OCCOc1ccccc1C(C)(C)c1ccccc1OCCOC(=O)C(=C)C.CCC. The van der Waals surface area contributed by atoms with E-state index in [1.54, 1.807) is 13.8 Å². The van der Waals surface area contributed by atoms with Crippen molar-refractivity contribution in [3.8, 4) is 11.5 Å². The molecule has 0 unspecified atom stereocenters. The Morgan fingerprint density at radius 1 is 0.694 bits per heavy atom. The molecular formula is C30H40O6. The lowest BCUT2D eigenvalue weighted by Gasteiger charge is -2.30. The fraction of sp³-hybridized carbons (Fsp3) is 0.400. The van der Waals surface area contributed by atoms with Gasteiger partial charge < -0.3 is 18.9 Å². The maximum absolute atomic E-state index is 11.6. The summed E-state index contributed by atoms with van der Waals surface area (Å²) in [6, 6.07) is 15.5. The third-order valence-corrected chi connectivity index (χ3v) is 4.97. The number of esters is 2. The average Bonchev–Trinajstić information content (AvgIpc) is 2.85. The second kappa shape index (κ2) is 15.5. The summed E-state index contributed by atoms with van der Waals surface area (Å²) in [5.41, 5.74) is 2.16. The Labute approximate surface area is 215 Å². The third kappa shape index (κ3) is 9.61. The van der Waals surface area contributed by atoms with E-state index in [2.05, 4.69) is 40.9 Å². The summed E-state index contributed by atoms with van der Waals surface area (Å²) in [5.74, 6) is 0.512. The van der Waals surface area contributed by atoms with E-state index in [-0.39, 0.29) is 26.4 Å². The molecule has 0 bridgehead atoms. The van der Waals surface area contributed by atoms with Gasteiger partial charge in [-0.2, -0.15) is 0 Å². The van der Waals surface area contributed by atoms with Crippen molar-refractivity contribution in [2.75, 3.05) is 26.4 Å². The van der Waals surface area contributed by atoms with E-state index < -0.39 is 17.4 Å². The van der Waals surface area contributed by atoms with Crippen molar-refractivity contribution >= 4 is 11.9 Å². The zero-order valence-electron chi connectivity index (χ0n) is 22.5. The number of ether oxygens (including phenoxy) is 4. The molecule has 0 N–H and O–H groups in total. The first-order chi connectivity index (χ1) is 17.1. The van der Waals surface area contributed by atoms with E-state index in [4.69, 9.17) is 18.9 Å². The number of carbonyl (C=O) groups is 2. The molecule has 0 aliphatic heterocycles. The first-order valence-corrected chi connectivity index (χ1v) is 12.2. The molecule has 6 nitrogen and oxygen atoms in total. The van der Waals surface area contributed by atoms with Gasteiger partial charge >= 0.3 is 11.9 Å². The molecule has 2 aromatic rings. The minimum absolute atomic E-state index is 0.128. The molecule has 36 heavy (non-hydrogen) atoms. The average molecular weight is 497 g/mol. The third-order valence-electron chi connectivity index (χ3n) is 4.97. The van der Waals surface area contributed by atoms with E-state index in [0.717, 1.165) is 11.1 Å². The summed E-state index contributed by atoms with van der Waals surface area (Å²) < 4.78 is 22.1. The van der Waals surface area contributed by atoms with Gasteiger partial charge in [0.05, 0.1) is 0 Å². The van der Waals surface area contributed by atoms with Gasteiger partial charge in [-0.3, -0.25) is 0 Å². The van der Waals surface area contributed by atoms with E-state index in [1.807, 2.05) is 48.5 Å². The first-order valence-electron chi connectivity index (χ1n) is 12.2. The zero-order valence-corrected chi connectivity index (χ0v) is 22.5. The summed E-state index contributed by atoms with van der Waals surface area (Å²) in [6.45, 7) is 19.5.